The topological polar surface area (TPSA) is 52.7 Å². The number of benzene rings is 2. The standard InChI is InChI=1S/C21H21ClF3N3O2/c22-16-7-5-15(6-8-16)13-20(30)28-11-9-27(10-12-28)14-19(29)26-18-4-2-1-3-17(18)21(23,24)25/h1-8H,9-14H2,(H,26,29). The summed E-state index contributed by atoms with van der Waals surface area (Å²) in [4.78, 5) is 28.2. The summed E-state index contributed by atoms with van der Waals surface area (Å²) < 4.78 is 39.1. The van der Waals surface area contributed by atoms with Crippen LogP contribution in [0, 0.1) is 0 Å². The van der Waals surface area contributed by atoms with E-state index < -0.39 is 17.6 Å². The average molecular weight is 440 g/mol. The van der Waals surface area contributed by atoms with Gasteiger partial charge in [-0.3, -0.25) is 14.5 Å². The van der Waals surface area contributed by atoms with Crippen molar-refractivity contribution in [2.75, 3.05) is 38.0 Å². The molecule has 1 heterocycles. The molecule has 5 nitrogen and oxygen atoms in total. The molecule has 0 unspecified atom stereocenters. The van der Waals surface area contributed by atoms with Gasteiger partial charge in [0.2, 0.25) is 11.8 Å². The summed E-state index contributed by atoms with van der Waals surface area (Å²) in [6.07, 6.45) is -4.27. The number of carbonyl (C=O) groups excluding carboxylic acids is 2. The minimum absolute atomic E-state index is 0.0134. The Morgan fingerprint density at radius 1 is 0.967 bits per heavy atom. The Bertz CT molecular complexity index is 895. The molecule has 1 saturated heterocycles. The van der Waals surface area contributed by atoms with Crippen LogP contribution in [0.15, 0.2) is 48.5 Å². The molecule has 0 aliphatic carbocycles. The Morgan fingerprint density at radius 2 is 1.60 bits per heavy atom. The number of halogens is 4. The summed E-state index contributed by atoms with van der Waals surface area (Å²) in [6, 6.07) is 12.0. The molecule has 1 fully saturated rings. The van der Waals surface area contributed by atoms with E-state index in [-0.39, 0.29) is 24.6 Å². The molecule has 2 amide bonds. The van der Waals surface area contributed by atoms with Crippen LogP contribution in [0.5, 0.6) is 0 Å². The van der Waals surface area contributed by atoms with Gasteiger partial charge in [0.15, 0.2) is 0 Å². The van der Waals surface area contributed by atoms with Crippen LogP contribution < -0.4 is 5.32 Å². The molecule has 3 rings (SSSR count). The lowest BCUT2D eigenvalue weighted by molar-refractivity contribution is -0.137. The number of carbonyl (C=O) groups is 2. The van der Waals surface area contributed by atoms with Crippen molar-refractivity contribution in [3.63, 3.8) is 0 Å². The number of para-hydroxylation sites is 1. The number of piperazine rings is 1. The molecule has 9 heteroatoms. The Balaban J connectivity index is 1.48. The molecule has 0 radical (unpaired) electrons. The van der Waals surface area contributed by atoms with E-state index in [0.717, 1.165) is 11.6 Å². The van der Waals surface area contributed by atoms with Crippen molar-refractivity contribution in [2.45, 2.75) is 12.6 Å². The largest absolute Gasteiger partial charge is 0.418 e. The summed E-state index contributed by atoms with van der Waals surface area (Å²) in [5, 5.41) is 2.95. The van der Waals surface area contributed by atoms with Gasteiger partial charge in [-0.2, -0.15) is 13.2 Å². The van der Waals surface area contributed by atoms with Crippen molar-refractivity contribution < 1.29 is 22.8 Å². The number of anilines is 1. The third-order valence-corrected chi connectivity index (χ3v) is 5.12. The van der Waals surface area contributed by atoms with Crippen LogP contribution in [-0.4, -0.2) is 54.3 Å². The van der Waals surface area contributed by atoms with Crippen molar-refractivity contribution in [1.82, 2.24) is 9.80 Å². The van der Waals surface area contributed by atoms with E-state index in [1.165, 1.54) is 18.2 Å². The lowest BCUT2D eigenvalue weighted by atomic mass is 10.1. The van der Waals surface area contributed by atoms with E-state index in [1.807, 2.05) is 4.90 Å². The van der Waals surface area contributed by atoms with Crippen LogP contribution in [0.1, 0.15) is 11.1 Å². The summed E-state index contributed by atoms with van der Waals surface area (Å²) >= 11 is 5.85. The fourth-order valence-corrected chi connectivity index (χ4v) is 3.40. The fraction of sp³-hybridized carbons (Fsp3) is 0.333. The summed E-state index contributed by atoms with van der Waals surface area (Å²) in [5.74, 6) is -0.534. The molecule has 0 bridgehead atoms. The van der Waals surface area contributed by atoms with Gasteiger partial charge < -0.3 is 10.2 Å². The number of nitrogens with one attached hydrogen (secondary N) is 1. The number of rotatable bonds is 5. The van der Waals surface area contributed by atoms with Crippen molar-refractivity contribution in [3.05, 3.63) is 64.7 Å². The maximum absolute atomic E-state index is 13.0. The molecular weight excluding hydrogens is 419 g/mol. The number of hydrogen-bond acceptors (Lipinski definition) is 3. The first-order chi connectivity index (χ1) is 14.2. The van der Waals surface area contributed by atoms with Gasteiger partial charge in [0.1, 0.15) is 0 Å². The van der Waals surface area contributed by atoms with Crippen LogP contribution in [0.2, 0.25) is 5.02 Å². The van der Waals surface area contributed by atoms with E-state index >= 15 is 0 Å². The molecule has 0 saturated carbocycles. The van der Waals surface area contributed by atoms with Gasteiger partial charge in [-0.25, -0.2) is 0 Å². The second-order valence-electron chi connectivity index (χ2n) is 7.05. The van der Waals surface area contributed by atoms with E-state index in [4.69, 9.17) is 11.6 Å². The first kappa shape index (κ1) is 22.1. The lowest BCUT2D eigenvalue weighted by Crippen LogP contribution is -2.50. The van der Waals surface area contributed by atoms with Crippen LogP contribution >= 0.6 is 11.6 Å². The number of hydrogen-bond donors (Lipinski definition) is 1. The molecule has 0 spiro atoms. The van der Waals surface area contributed by atoms with Crippen molar-refractivity contribution >= 4 is 29.1 Å². The van der Waals surface area contributed by atoms with E-state index in [1.54, 1.807) is 29.2 Å². The van der Waals surface area contributed by atoms with E-state index in [0.29, 0.717) is 31.2 Å². The summed E-state index contributed by atoms with van der Waals surface area (Å²) in [7, 11) is 0. The number of amides is 2. The summed E-state index contributed by atoms with van der Waals surface area (Å²) in [5.41, 5.74) is -0.266. The first-order valence-corrected chi connectivity index (χ1v) is 9.81. The zero-order valence-corrected chi connectivity index (χ0v) is 16.8. The molecule has 1 N–H and O–H groups in total. The van der Waals surface area contributed by atoms with Gasteiger partial charge in [0.05, 0.1) is 24.2 Å². The Morgan fingerprint density at radius 3 is 2.23 bits per heavy atom. The lowest BCUT2D eigenvalue weighted by Gasteiger charge is -2.34. The van der Waals surface area contributed by atoms with Crippen molar-refractivity contribution in [1.29, 1.82) is 0 Å². The maximum Gasteiger partial charge on any atom is 0.418 e. The zero-order valence-electron chi connectivity index (χ0n) is 16.1. The monoisotopic (exact) mass is 439 g/mol. The highest BCUT2D eigenvalue weighted by Gasteiger charge is 2.33. The fourth-order valence-electron chi connectivity index (χ4n) is 3.28. The second kappa shape index (κ2) is 9.49. The molecule has 1 aliphatic rings. The van der Waals surface area contributed by atoms with Crippen LogP contribution in [0.3, 0.4) is 0 Å². The Hall–Kier alpha value is -2.58. The van der Waals surface area contributed by atoms with Gasteiger partial charge in [-0.15, -0.1) is 0 Å². The van der Waals surface area contributed by atoms with Gasteiger partial charge >= 0.3 is 6.18 Å². The van der Waals surface area contributed by atoms with Crippen molar-refractivity contribution in [2.24, 2.45) is 0 Å². The quantitative estimate of drug-likeness (QED) is 0.773. The molecule has 2 aromatic carbocycles. The molecule has 30 heavy (non-hydrogen) atoms. The Labute approximate surface area is 177 Å². The molecule has 0 atom stereocenters. The van der Waals surface area contributed by atoms with Gasteiger partial charge in [0.25, 0.3) is 0 Å². The molecule has 2 aromatic rings. The molecule has 0 aromatic heterocycles. The van der Waals surface area contributed by atoms with Crippen molar-refractivity contribution in [3.8, 4) is 0 Å². The van der Waals surface area contributed by atoms with Gasteiger partial charge in [-0.05, 0) is 29.8 Å². The van der Waals surface area contributed by atoms with Crippen LogP contribution in [0.4, 0.5) is 18.9 Å². The zero-order chi connectivity index (χ0) is 21.7. The molecule has 1 aliphatic heterocycles. The summed E-state index contributed by atoms with van der Waals surface area (Å²) in [6.45, 7) is 1.82. The van der Waals surface area contributed by atoms with Gasteiger partial charge in [0, 0.05) is 31.2 Å². The van der Waals surface area contributed by atoms with E-state index in [2.05, 4.69) is 5.32 Å². The minimum Gasteiger partial charge on any atom is -0.340 e. The van der Waals surface area contributed by atoms with Crippen LogP contribution in [0.25, 0.3) is 0 Å². The Kier molecular flexibility index (Phi) is 6.99. The molecular formula is C21H21ClF3N3O2. The highest BCUT2D eigenvalue weighted by Crippen LogP contribution is 2.34. The average Bonchev–Trinajstić information content (AvgIpc) is 2.70. The number of nitrogens with zero attached hydrogens (tertiary/aromatic N) is 2. The predicted molar refractivity (Wildman–Crippen MR) is 108 cm³/mol. The SMILES string of the molecule is O=C(CN1CCN(C(=O)Cc2ccc(Cl)cc2)CC1)Nc1ccccc1C(F)(F)F. The highest BCUT2D eigenvalue weighted by atomic mass is 35.5. The minimum atomic E-state index is -4.54. The smallest absolute Gasteiger partial charge is 0.340 e. The van der Waals surface area contributed by atoms with E-state index in [9.17, 15) is 22.8 Å². The maximum atomic E-state index is 13.0. The van der Waals surface area contributed by atoms with Gasteiger partial charge in [-0.1, -0.05) is 35.9 Å². The molecule has 160 valence electrons. The normalized spacial score (nSPS) is 15.1. The van der Waals surface area contributed by atoms with Crippen LogP contribution in [-0.2, 0) is 22.2 Å². The second-order valence-corrected chi connectivity index (χ2v) is 7.49. The third-order valence-electron chi connectivity index (χ3n) is 4.87. The number of alkyl halides is 3. The highest BCUT2D eigenvalue weighted by molar-refractivity contribution is 6.30. The predicted octanol–water partition coefficient (Wildman–Crippen LogP) is 3.68. The third kappa shape index (κ3) is 5.96. The first-order valence-electron chi connectivity index (χ1n) is 9.43.